The molecule has 132 valence electrons. The van der Waals surface area contributed by atoms with Gasteiger partial charge in [0.25, 0.3) is 5.91 Å². The summed E-state index contributed by atoms with van der Waals surface area (Å²) in [6, 6.07) is 24.4. The number of aryl methyl sites for hydroxylation is 2. The molecular weight excluding hydrogens is 318 g/mol. The number of hydrogen-bond acceptors (Lipinski definition) is 1. The number of nitrogens with one attached hydrogen (secondary N) is 1. The van der Waals surface area contributed by atoms with Gasteiger partial charge in [-0.25, -0.2) is 0 Å². The van der Waals surface area contributed by atoms with Gasteiger partial charge in [0.15, 0.2) is 0 Å². The fourth-order valence-electron chi connectivity index (χ4n) is 3.30. The molecule has 0 radical (unpaired) electrons. The Balaban J connectivity index is 1.76. The summed E-state index contributed by atoms with van der Waals surface area (Å²) in [6.45, 7) is 6.29. The molecule has 0 saturated carbocycles. The van der Waals surface area contributed by atoms with Gasteiger partial charge < -0.3 is 5.32 Å². The van der Waals surface area contributed by atoms with Crippen LogP contribution in [0.4, 0.5) is 0 Å². The normalized spacial score (nSPS) is 11.8. The SMILES string of the molecule is CC[C@@H](NC(=O)c1ccc(-c2ccccc2)cc1)c1ccc(C)cc1C. The lowest BCUT2D eigenvalue weighted by Crippen LogP contribution is -2.28. The van der Waals surface area contributed by atoms with Crippen LogP contribution >= 0.6 is 0 Å². The minimum atomic E-state index is -0.0311. The van der Waals surface area contributed by atoms with Crippen LogP contribution in [0.25, 0.3) is 11.1 Å². The van der Waals surface area contributed by atoms with Gasteiger partial charge in [0.1, 0.15) is 0 Å². The van der Waals surface area contributed by atoms with Crippen molar-refractivity contribution in [3.05, 3.63) is 95.1 Å². The Bertz CT molecular complexity index is 882. The van der Waals surface area contributed by atoms with Crippen molar-refractivity contribution in [3.63, 3.8) is 0 Å². The average Bonchev–Trinajstić information content (AvgIpc) is 2.67. The van der Waals surface area contributed by atoms with Crippen molar-refractivity contribution in [2.45, 2.75) is 33.2 Å². The van der Waals surface area contributed by atoms with E-state index in [2.05, 4.69) is 56.4 Å². The first-order valence-electron chi connectivity index (χ1n) is 9.12. The second-order valence-corrected chi connectivity index (χ2v) is 6.74. The second-order valence-electron chi connectivity index (χ2n) is 6.74. The summed E-state index contributed by atoms with van der Waals surface area (Å²) < 4.78 is 0. The van der Waals surface area contributed by atoms with Crippen molar-refractivity contribution in [1.29, 1.82) is 0 Å². The molecule has 0 fully saturated rings. The van der Waals surface area contributed by atoms with E-state index < -0.39 is 0 Å². The minimum absolute atomic E-state index is 0.0249. The van der Waals surface area contributed by atoms with Crippen LogP contribution in [-0.4, -0.2) is 5.91 Å². The second kappa shape index (κ2) is 8.01. The van der Waals surface area contributed by atoms with Crippen molar-refractivity contribution < 1.29 is 4.79 Å². The zero-order chi connectivity index (χ0) is 18.5. The summed E-state index contributed by atoms with van der Waals surface area (Å²) in [5.74, 6) is -0.0311. The van der Waals surface area contributed by atoms with Gasteiger partial charge >= 0.3 is 0 Å². The van der Waals surface area contributed by atoms with Gasteiger partial charge in [-0.2, -0.15) is 0 Å². The Hall–Kier alpha value is -2.87. The highest BCUT2D eigenvalue weighted by Crippen LogP contribution is 2.23. The van der Waals surface area contributed by atoms with Gasteiger partial charge in [-0.15, -0.1) is 0 Å². The van der Waals surface area contributed by atoms with E-state index in [9.17, 15) is 4.79 Å². The maximum absolute atomic E-state index is 12.7. The van der Waals surface area contributed by atoms with Gasteiger partial charge in [-0.3, -0.25) is 4.79 Å². The van der Waals surface area contributed by atoms with Crippen LogP contribution in [-0.2, 0) is 0 Å². The van der Waals surface area contributed by atoms with Crippen LogP contribution < -0.4 is 5.32 Å². The molecule has 3 aromatic carbocycles. The molecule has 0 aliphatic carbocycles. The highest BCUT2D eigenvalue weighted by atomic mass is 16.1. The van der Waals surface area contributed by atoms with Crippen LogP contribution in [0.2, 0.25) is 0 Å². The minimum Gasteiger partial charge on any atom is -0.345 e. The van der Waals surface area contributed by atoms with E-state index in [0.717, 1.165) is 17.5 Å². The predicted octanol–water partition coefficient (Wildman–Crippen LogP) is 5.85. The highest BCUT2D eigenvalue weighted by molar-refractivity contribution is 5.95. The summed E-state index contributed by atoms with van der Waals surface area (Å²) in [5.41, 5.74) is 6.60. The lowest BCUT2D eigenvalue weighted by Gasteiger charge is -2.20. The Labute approximate surface area is 155 Å². The molecule has 0 heterocycles. The molecule has 0 aliphatic rings. The average molecular weight is 343 g/mol. The fourth-order valence-corrected chi connectivity index (χ4v) is 3.30. The summed E-state index contributed by atoms with van der Waals surface area (Å²) in [5, 5.41) is 3.18. The molecule has 2 nitrogen and oxygen atoms in total. The third kappa shape index (κ3) is 4.02. The van der Waals surface area contributed by atoms with E-state index >= 15 is 0 Å². The molecule has 0 bridgehead atoms. The summed E-state index contributed by atoms with van der Waals surface area (Å²) in [6.07, 6.45) is 0.859. The Morgan fingerprint density at radius 2 is 1.54 bits per heavy atom. The first-order chi connectivity index (χ1) is 12.6. The van der Waals surface area contributed by atoms with Crippen molar-refractivity contribution in [1.82, 2.24) is 5.32 Å². The summed E-state index contributed by atoms with van der Waals surface area (Å²) in [7, 11) is 0. The van der Waals surface area contributed by atoms with E-state index in [1.165, 1.54) is 16.7 Å². The number of hydrogen-bond donors (Lipinski definition) is 1. The van der Waals surface area contributed by atoms with Crippen molar-refractivity contribution >= 4 is 5.91 Å². The van der Waals surface area contributed by atoms with E-state index in [1.807, 2.05) is 42.5 Å². The van der Waals surface area contributed by atoms with Crippen molar-refractivity contribution in [3.8, 4) is 11.1 Å². The van der Waals surface area contributed by atoms with E-state index in [1.54, 1.807) is 0 Å². The first kappa shape index (κ1) is 17.9. The quantitative estimate of drug-likeness (QED) is 0.618. The van der Waals surface area contributed by atoms with Crippen LogP contribution in [0.5, 0.6) is 0 Å². The zero-order valence-corrected chi connectivity index (χ0v) is 15.6. The monoisotopic (exact) mass is 343 g/mol. The van der Waals surface area contributed by atoms with E-state index in [0.29, 0.717) is 5.56 Å². The number of carbonyl (C=O) groups is 1. The number of carbonyl (C=O) groups excluding carboxylic acids is 1. The van der Waals surface area contributed by atoms with Gasteiger partial charge in [0, 0.05) is 5.56 Å². The summed E-state index contributed by atoms with van der Waals surface area (Å²) >= 11 is 0. The van der Waals surface area contributed by atoms with Crippen LogP contribution in [0.15, 0.2) is 72.8 Å². The number of amides is 1. The fraction of sp³-hybridized carbons (Fsp3) is 0.208. The third-order valence-electron chi connectivity index (χ3n) is 4.77. The van der Waals surface area contributed by atoms with Gasteiger partial charge in [-0.05, 0) is 54.7 Å². The zero-order valence-electron chi connectivity index (χ0n) is 15.6. The molecule has 1 atom stereocenters. The lowest BCUT2D eigenvalue weighted by atomic mass is 9.97. The van der Waals surface area contributed by atoms with Gasteiger partial charge in [0.2, 0.25) is 0 Å². The molecule has 2 heteroatoms. The number of rotatable bonds is 5. The molecule has 1 N–H and O–H groups in total. The van der Waals surface area contributed by atoms with Crippen LogP contribution in [0.3, 0.4) is 0 Å². The van der Waals surface area contributed by atoms with Crippen LogP contribution in [0, 0.1) is 13.8 Å². The highest BCUT2D eigenvalue weighted by Gasteiger charge is 2.16. The van der Waals surface area contributed by atoms with Gasteiger partial charge in [-0.1, -0.05) is 73.2 Å². The molecule has 3 aromatic rings. The van der Waals surface area contributed by atoms with E-state index in [-0.39, 0.29) is 11.9 Å². The molecule has 3 rings (SSSR count). The summed E-state index contributed by atoms with van der Waals surface area (Å²) in [4.78, 5) is 12.7. The third-order valence-corrected chi connectivity index (χ3v) is 4.77. The molecule has 0 aromatic heterocycles. The van der Waals surface area contributed by atoms with Gasteiger partial charge in [0.05, 0.1) is 6.04 Å². The maximum atomic E-state index is 12.7. The first-order valence-corrected chi connectivity index (χ1v) is 9.12. The number of benzene rings is 3. The maximum Gasteiger partial charge on any atom is 0.251 e. The largest absolute Gasteiger partial charge is 0.345 e. The lowest BCUT2D eigenvalue weighted by molar-refractivity contribution is 0.0935. The molecule has 0 aliphatic heterocycles. The molecule has 0 unspecified atom stereocenters. The molecule has 0 saturated heterocycles. The van der Waals surface area contributed by atoms with E-state index in [4.69, 9.17) is 0 Å². The Morgan fingerprint density at radius 1 is 0.885 bits per heavy atom. The Kier molecular flexibility index (Phi) is 5.52. The topological polar surface area (TPSA) is 29.1 Å². The molecule has 0 spiro atoms. The van der Waals surface area contributed by atoms with Crippen LogP contribution in [0.1, 0.15) is 46.4 Å². The Morgan fingerprint density at radius 3 is 2.15 bits per heavy atom. The molecular formula is C24H25NO. The predicted molar refractivity (Wildman–Crippen MR) is 108 cm³/mol. The standard InChI is InChI=1S/C24H25NO/c1-4-23(22-15-10-17(2)16-18(22)3)25-24(26)21-13-11-20(12-14-21)19-8-6-5-7-9-19/h5-16,23H,4H2,1-3H3,(H,25,26)/t23-/m1/s1. The molecule has 26 heavy (non-hydrogen) atoms. The smallest absolute Gasteiger partial charge is 0.251 e. The van der Waals surface area contributed by atoms with Crippen molar-refractivity contribution in [2.75, 3.05) is 0 Å². The van der Waals surface area contributed by atoms with Crippen molar-refractivity contribution in [2.24, 2.45) is 0 Å². The molecule has 1 amide bonds.